The summed E-state index contributed by atoms with van der Waals surface area (Å²) in [6, 6.07) is 3.80. The predicted octanol–water partition coefficient (Wildman–Crippen LogP) is 3.26. The van der Waals surface area contributed by atoms with E-state index in [4.69, 9.17) is 24.5 Å². The molecular weight excluding hydrogens is 496 g/mol. The summed E-state index contributed by atoms with van der Waals surface area (Å²) in [5.41, 5.74) is 6.52. The Bertz CT molecular complexity index is 1730. The number of nitrogens with zero attached hydrogens (tertiary/aromatic N) is 7. The van der Waals surface area contributed by atoms with Gasteiger partial charge in [0.25, 0.3) is 5.91 Å². The van der Waals surface area contributed by atoms with Crippen LogP contribution >= 0.6 is 0 Å². The average molecular weight is 527 g/mol. The lowest BCUT2D eigenvalue weighted by molar-refractivity contribution is 0.0962. The van der Waals surface area contributed by atoms with Crippen molar-refractivity contribution in [3.05, 3.63) is 59.4 Å². The molecule has 6 rings (SSSR count). The molecule has 1 aliphatic heterocycles. The first kappa shape index (κ1) is 24.8. The molecule has 0 aromatic carbocycles. The van der Waals surface area contributed by atoms with Gasteiger partial charge in [-0.15, -0.1) is 0 Å². The highest BCUT2D eigenvalue weighted by Crippen LogP contribution is 2.34. The summed E-state index contributed by atoms with van der Waals surface area (Å²) >= 11 is 0. The first-order chi connectivity index (χ1) is 18.9. The van der Waals surface area contributed by atoms with Crippen LogP contribution in [-0.2, 0) is 4.74 Å². The molecule has 11 heteroatoms. The molecule has 0 saturated carbocycles. The standard InChI is InChI=1S/C28H30N8O3/c1-16-25(28(37)29-4)18(3)35-15-24(33-27(26(16)35)34-8-10-39-11-9-34)36-22-12-21(32-17(2)19(22)14-31-36)20-13-30-7-6-23(20)38-5/h6-7,12-15H,8-11H2,1-5H3,(H,29,37). The van der Waals surface area contributed by atoms with E-state index in [9.17, 15) is 4.79 Å². The van der Waals surface area contributed by atoms with E-state index in [1.54, 1.807) is 26.6 Å². The molecule has 0 spiro atoms. The highest BCUT2D eigenvalue weighted by molar-refractivity contribution is 6.00. The number of morpholine rings is 1. The number of hydrogen-bond acceptors (Lipinski definition) is 8. The fourth-order valence-corrected chi connectivity index (χ4v) is 5.41. The molecule has 1 amide bonds. The Labute approximate surface area is 225 Å². The number of aromatic nitrogens is 6. The maximum atomic E-state index is 12.8. The third-order valence-electron chi connectivity index (χ3n) is 7.39. The Balaban J connectivity index is 1.61. The van der Waals surface area contributed by atoms with Gasteiger partial charge in [0.05, 0.1) is 60.6 Å². The van der Waals surface area contributed by atoms with Crippen LogP contribution in [-0.4, -0.2) is 75.5 Å². The molecule has 0 bridgehead atoms. The SMILES string of the molecule is CNC(=O)c1c(C)c2c(N3CCOCC3)nc(-n3ncc4c(C)nc(-c5cnccc5OC)cc43)cn2c1C. The van der Waals surface area contributed by atoms with Gasteiger partial charge in [-0.1, -0.05) is 0 Å². The molecule has 5 aromatic rings. The smallest absolute Gasteiger partial charge is 0.253 e. The zero-order chi connectivity index (χ0) is 27.3. The summed E-state index contributed by atoms with van der Waals surface area (Å²) in [6.45, 7) is 8.54. The molecule has 6 heterocycles. The highest BCUT2D eigenvalue weighted by Gasteiger charge is 2.26. The Morgan fingerprint density at radius 1 is 1.13 bits per heavy atom. The predicted molar refractivity (Wildman–Crippen MR) is 148 cm³/mol. The average Bonchev–Trinajstić information content (AvgIpc) is 3.51. The third kappa shape index (κ3) is 3.97. The van der Waals surface area contributed by atoms with Crippen LogP contribution in [0.1, 0.15) is 27.3 Å². The van der Waals surface area contributed by atoms with Gasteiger partial charge in [-0.2, -0.15) is 5.10 Å². The number of fused-ring (bicyclic) bond motifs is 2. The van der Waals surface area contributed by atoms with E-state index in [-0.39, 0.29) is 5.91 Å². The molecular formula is C28H30N8O3. The molecule has 1 fully saturated rings. The lowest BCUT2D eigenvalue weighted by atomic mass is 10.1. The number of carbonyl (C=O) groups is 1. The number of aryl methyl sites for hydroxylation is 3. The minimum Gasteiger partial charge on any atom is -0.496 e. The van der Waals surface area contributed by atoms with Gasteiger partial charge >= 0.3 is 0 Å². The van der Waals surface area contributed by atoms with E-state index in [2.05, 4.69) is 19.6 Å². The van der Waals surface area contributed by atoms with E-state index in [1.165, 1.54) is 0 Å². The van der Waals surface area contributed by atoms with Crippen molar-refractivity contribution in [1.29, 1.82) is 0 Å². The van der Waals surface area contributed by atoms with Crippen LogP contribution in [0.3, 0.4) is 0 Å². The highest BCUT2D eigenvalue weighted by atomic mass is 16.5. The van der Waals surface area contributed by atoms with Crippen LogP contribution in [0.15, 0.2) is 36.9 Å². The van der Waals surface area contributed by atoms with E-state index in [1.807, 2.05) is 50.0 Å². The number of rotatable bonds is 5. The van der Waals surface area contributed by atoms with E-state index >= 15 is 0 Å². The van der Waals surface area contributed by atoms with E-state index < -0.39 is 0 Å². The van der Waals surface area contributed by atoms with Gasteiger partial charge < -0.3 is 24.1 Å². The second-order valence-corrected chi connectivity index (χ2v) is 9.56. The van der Waals surface area contributed by atoms with Crippen LogP contribution in [0, 0.1) is 20.8 Å². The summed E-state index contributed by atoms with van der Waals surface area (Å²) in [6.07, 6.45) is 7.20. The number of hydrogen-bond donors (Lipinski definition) is 1. The molecule has 0 aliphatic carbocycles. The second kappa shape index (κ2) is 9.66. The van der Waals surface area contributed by atoms with Gasteiger partial charge in [-0.25, -0.2) is 9.67 Å². The van der Waals surface area contributed by atoms with Gasteiger partial charge in [0.2, 0.25) is 0 Å². The number of amides is 1. The molecule has 39 heavy (non-hydrogen) atoms. The normalized spacial score (nSPS) is 13.8. The maximum absolute atomic E-state index is 12.8. The first-order valence-electron chi connectivity index (χ1n) is 12.8. The van der Waals surface area contributed by atoms with Gasteiger partial charge in [0, 0.05) is 49.3 Å². The topological polar surface area (TPSA) is 112 Å². The Morgan fingerprint density at radius 2 is 1.92 bits per heavy atom. The van der Waals surface area contributed by atoms with Crippen molar-refractivity contribution < 1.29 is 14.3 Å². The molecule has 1 N–H and O–H groups in total. The van der Waals surface area contributed by atoms with Crippen molar-refractivity contribution in [3.63, 3.8) is 0 Å². The van der Waals surface area contributed by atoms with Crippen LogP contribution < -0.4 is 15.0 Å². The summed E-state index contributed by atoms with van der Waals surface area (Å²) in [4.78, 5) is 29.3. The maximum Gasteiger partial charge on any atom is 0.253 e. The zero-order valence-corrected chi connectivity index (χ0v) is 22.6. The van der Waals surface area contributed by atoms with Gasteiger partial charge in [-0.3, -0.25) is 14.8 Å². The summed E-state index contributed by atoms with van der Waals surface area (Å²) in [5, 5.41) is 8.44. The van der Waals surface area contributed by atoms with Crippen molar-refractivity contribution in [2.75, 3.05) is 45.4 Å². The van der Waals surface area contributed by atoms with Crippen LogP contribution in [0.2, 0.25) is 0 Å². The quantitative estimate of drug-likeness (QED) is 0.372. The van der Waals surface area contributed by atoms with Crippen molar-refractivity contribution in [1.82, 2.24) is 34.4 Å². The van der Waals surface area contributed by atoms with Gasteiger partial charge in [0.1, 0.15) is 5.75 Å². The lowest BCUT2D eigenvalue weighted by Crippen LogP contribution is -2.37. The van der Waals surface area contributed by atoms with Crippen molar-refractivity contribution in [3.8, 4) is 22.8 Å². The number of pyridine rings is 2. The van der Waals surface area contributed by atoms with Crippen molar-refractivity contribution in [2.45, 2.75) is 20.8 Å². The Hall–Kier alpha value is -4.51. The molecule has 200 valence electrons. The van der Waals surface area contributed by atoms with Gasteiger partial charge in [-0.05, 0) is 38.5 Å². The minimum atomic E-state index is -0.121. The summed E-state index contributed by atoms with van der Waals surface area (Å²) in [7, 11) is 3.28. The monoisotopic (exact) mass is 526 g/mol. The number of anilines is 1. The van der Waals surface area contributed by atoms with Crippen LogP contribution in [0.25, 0.3) is 33.5 Å². The zero-order valence-electron chi connectivity index (χ0n) is 22.6. The number of nitrogens with one attached hydrogen (secondary N) is 1. The molecule has 11 nitrogen and oxygen atoms in total. The molecule has 5 aromatic heterocycles. The summed E-state index contributed by atoms with van der Waals surface area (Å²) in [5.74, 6) is 2.01. The number of carbonyl (C=O) groups excluding carboxylic acids is 1. The number of ether oxygens (including phenoxy) is 2. The minimum absolute atomic E-state index is 0.121. The van der Waals surface area contributed by atoms with Gasteiger partial charge in [0.15, 0.2) is 11.6 Å². The fourth-order valence-electron chi connectivity index (χ4n) is 5.41. The van der Waals surface area contributed by atoms with Crippen molar-refractivity contribution in [2.24, 2.45) is 0 Å². The van der Waals surface area contributed by atoms with E-state index in [0.717, 1.165) is 50.4 Å². The van der Waals surface area contributed by atoms with Crippen LogP contribution in [0.4, 0.5) is 5.82 Å². The molecule has 0 radical (unpaired) electrons. The van der Waals surface area contributed by atoms with E-state index in [0.29, 0.717) is 43.4 Å². The largest absolute Gasteiger partial charge is 0.496 e. The molecule has 1 aliphatic rings. The first-order valence-corrected chi connectivity index (χ1v) is 12.8. The molecule has 0 atom stereocenters. The van der Waals surface area contributed by atoms with Crippen LogP contribution in [0.5, 0.6) is 5.75 Å². The molecule has 0 unspecified atom stereocenters. The molecule has 1 saturated heterocycles. The Kier molecular flexibility index (Phi) is 6.15. The summed E-state index contributed by atoms with van der Waals surface area (Å²) < 4.78 is 15.1. The third-order valence-corrected chi connectivity index (χ3v) is 7.39. The number of methoxy groups -OCH3 is 1. The van der Waals surface area contributed by atoms with Crippen molar-refractivity contribution >= 4 is 28.1 Å². The fraction of sp³-hybridized carbons (Fsp3) is 0.321. The lowest BCUT2D eigenvalue weighted by Gasteiger charge is -2.29. The second-order valence-electron chi connectivity index (χ2n) is 9.56. The Morgan fingerprint density at radius 3 is 2.67 bits per heavy atom.